The lowest BCUT2D eigenvalue weighted by atomic mass is 10.0. The summed E-state index contributed by atoms with van der Waals surface area (Å²) in [5.74, 6) is -1.41. The second kappa shape index (κ2) is 9.54. The molecule has 0 atom stereocenters. The van der Waals surface area contributed by atoms with E-state index in [1.54, 1.807) is 23.1 Å². The number of benzene rings is 1. The number of anilines is 3. The van der Waals surface area contributed by atoms with Crippen LogP contribution in [-0.2, 0) is 23.2 Å². The van der Waals surface area contributed by atoms with Crippen LogP contribution in [0.4, 0.5) is 35.0 Å². The third kappa shape index (κ3) is 4.95. The monoisotopic (exact) mass is 529 g/mol. The summed E-state index contributed by atoms with van der Waals surface area (Å²) in [5.41, 5.74) is 0.726. The van der Waals surface area contributed by atoms with Gasteiger partial charge in [-0.15, -0.1) is 0 Å². The molecule has 0 unspecified atom stereocenters. The molecule has 198 valence electrons. The van der Waals surface area contributed by atoms with Crippen molar-refractivity contribution in [3.8, 4) is 11.1 Å². The fraction of sp³-hybridized carbons (Fsp3) is 0.320. The van der Waals surface area contributed by atoms with E-state index in [4.69, 9.17) is 4.52 Å². The Morgan fingerprint density at radius 2 is 1.89 bits per heavy atom. The molecule has 1 aromatic carbocycles. The van der Waals surface area contributed by atoms with Crippen LogP contribution in [0.3, 0.4) is 0 Å². The number of alkyl halides is 3. The number of hydrogen-bond acceptors (Lipinski definition) is 7. The normalized spacial score (nSPS) is 14.4. The van der Waals surface area contributed by atoms with Gasteiger partial charge >= 0.3 is 6.18 Å². The van der Waals surface area contributed by atoms with E-state index in [9.17, 15) is 22.4 Å². The summed E-state index contributed by atoms with van der Waals surface area (Å²) in [7, 11) is 0. The quantitative estimate of drug-likeness (QED) is 0.298. The number of aryl methyl sites for hydroxylation is 2. The van der Waals surface area contributed by atoms with Gasteiger partial charge in [-0.2, -0.15) is 18.3 Å². The zero-order valence-corrected chi connectivity index (χ0v) is 20.4. The number of amides is 1. The van der Waals surface area contributed by atoms with Gasteiger partial charge in [0.15, 0.2) is 11.6 Å². The molecule has 4 aromatic rings. The Morgan fingerprint density at radius 1 is 1.16 bits per heavy atom. The first kappa shape index (κ1) is 25.4. The summed E-state index contributed by atoms with van der Waals surface area (Å²) >= 11 is 0. The predicted octanol–water partition coefficient (Wildman–Crippen LogP) is 5.31. The Hall–Kier alpha value is -4.29. The molecule has 1 fully saturated rings. The van der Waals surface area contributed by atoms with Gasteiger partial charge in [-0.3, -0.25) is 9.48 Å². The molecule has 0 aliphatic heterocycles. The number of aromatic nitrogens is 5. The SMILES string of the molecule is CCn1cc(Nc2ncc(-c3ccc(CC(=O)Nc4cc(C5(C(F)(F)F)CC5)on4)c(F)c3)cn2)c(C)n1. The van der Waals surface area contributed by atoms with Gasteiger partial charge in [0, 0.05) is 36.8 Å². The van der Waals surface area contributed by atoms with Crippen LogP contribution in [0.15, 0.2) is 47.4 Å². The van der Waals surface area contributed by atoms with Crippen LogP contribution in [0, 0.1) is 12.7 Å². The minimum atomic E-state index is -4.46. The molecule has 1 aliphatic carbocycles. The minimum absolute atomic E-state index is 0.0921. The molecule has 0 spiro atoms. The van der Waals surface area contributed by atoms with Crippen LogP contribution in [0.25, 0.3) is 11.1 Å². The van der Waals surface area contributed by atoms with Crippen molar-refractivity contribution in [1.82, 2.24) is 24.9 Å². The number of rotatable bonds is 8. The van der Waals surface area contributed by atoms with Crippen molar-refractivity contribution in [2.75, 3.05) is 10.6 Å². The molecule has 3 heterocycles. The van der Waals surface area contributed by atoms with E-state index in [-0.39, 0.29) is 36.4 Å². The van der Waals surface area contributed by atoms with Gasteiger partial charge in [-0.1, -0.05) is 17.3 Å². The van der Waals surface area contributed by atoms with Crippen molar-refractivity contribution in [2.45, 2.75) is 51.2 Å². The molecule has 3 aromatic heterocycles. The number of nitrogens with zero attached hydrogens (tertiary/aromatic N) is 5. The van der Waals surface area contributed by atoms with Crippen LogP contribution in [0.1, 0.15) is 36.8 Å². The maximum absolute atomic E-state index is 14.8. The number of nitrogens with one attached hydrogen (secondary N) is 2. The van der Waals surface area contributed by atoms with Crippen LogP contribution in [0.5, 0.6) is 0 Å². The van der Waals surface area contributed by atoms with E-state index < -0.39 is 23.3 Å². The zero-order chi connectivity index (χ0) is 27.1. The highest BCUT2D eigenvalue weighted by atomic mass is 19.4. The average molecular weight is 529 g/mol. The smallest absolute Gasteiger partial charge is 0.358 e. The number of carbonyl (C=O) groups excluding carboxylic acids is 1. The Bertz CT molecular complexity index is 1470. The highest BCUT2D eigenvalue weighted by Gasteiger charge is 2.66. The minimum Gasteiger partial charge on any atom is -0.358 e. The van der Waals surface area contributed by atoms with Crippen LogP contribution >= 0.6 is 0 Å². The topological polar surface area (TPSA) is 111 Å². The highest BCUT2D eigenvalue weighted by molar-refractivity contribution is 5.91. The second-order valence-electron chi connectivity index (χ2n) is 9.09. The summed E-state index contributed by atoms with van der Waals surface area (Å²) in [5, 5.41) is 13.3. The Kier molecular flexibility index (Phi) is 6.37. The van der Waals surface area contributed by atoms with Gasteiger partial charge in [0.25, 0.3) is 0 Å². The van der Waals surface area contributed by atoms with Gasteiger partial charge in [0.2, 0.25) is 11.9 Å². The van der Waals surface area contributed by atoms with Gasteiger partial charge in [-0.05, 0) is 43.9 Å². The summed E-state index contributed by atoms with van der Waals surface area (Å²) in [4.78, 5) is 20.9. The van der Waals surface area contributed by atoms with E-state index in [2.05, 4.69) is 30.9 Å². The van der Waals surface area contributed by atoms with Crippen molar-refractivity contribution in [3.63, 3.8) is 0 Å². The van der Waals surface area contributed by atoms with Crippen molar-refractivity contribution in [1.29, 1.82) is 0 Å². The maximum Gasteiger partial charge on any atom is 0.401 e. The fourth-order valence-electron chi connectivity index (χ4n) is 4.05. The predicted molar refractivity (Wildman–Crippen MR) is 129 cm³/mol. The van der Waals surface area contributed by atoms with Crippen molar-refractivity contribution < 1.29 is 26.9 Å². The third-order valence-corrected chi connectivity index (χ3v) is 6.45. The Morgan fingerprint density at radius 3 is 2.50 bits per heavy atom. The van der Waals surface area contributed by atoms with Crippen LogP contribution < -0.4 is 10.6 Å². The molecule has 1 amide bonds. The molecule has 1 aliphatic rings. The van der Waals surface area contributed by atoms with Crippen LogP contribution in [0.2, 0.25) is 0 Å². The van der Waals surface area contributed by atoms with Gasteiger partial charge in [0.05, 0.1) is 17.8 Å². The Labute approximate surface area is 214 Å². The first-order valence-corrected chi connectivity index (χ1v) is 11.8. The molecule has 0 bridgehead atoms. The molecule has 0 radical (unpaired) electrons. The molecular weight excluding hydrogens is 506 g/mol. The standard InChI is InChI=1S/C25H23F4N7O2/c1-3-36-13-19(14(2)34-36)32-23-30-11-17(12-31-23)15-4-5-16(18(26)8-15)9-22(37)33-21-10-20(38-35-21)24(6-7-24)25(27,28)29/h4-5,8,10-13H,3,6-7,9H2,1-2H3,(H,30,31,32)(H,33,35,37). The lowest BCUT2D eigenvalue weighted by Crippen LogP contribution is -2.28. The van der Waals surface area contributed by atoms with Gasteiger partial charge < -0.3 is 15.2 Å². The lowest BCUT2D eigenvalue weighted by Gasteiger charge is -2.14. The van der Waals surface area contributed by atoms with Crippen LogP contribution in [-0.4, -0.2) is 37.0 Å². The molecule has 5 rings (SSSR count). The summed E-state index contributed by atoms with van der Waals surface area (Å²) in [6, 6.07) is 5.41. The Balaban J connectivity index is 1.21. The fourth-order valence-corrected chi connectivity index (χ4v) is 4.05. The molecule has 13 heteroatoms. The molecular formula is C25H23F4N7O2. The van der Waals surface area contributed by atoms with E-state index in [1.807, 2.05) is 20.0 Å². The largest absolute Gasteiger partial charge is 0.401 e. The number of halogens is 4. The van der Waals surface area contributed by atoms with Gasteiger partial charge in [0.1, 0.15) is 11.2 Å². The average Bonchev–Trinajstić information content (AvgIpc) is 3.46. The van der Waals surface area contributed by atoms with E-state index in [1.165, 1.54) is 12.1 Å². The summed E-state index contributed by atoms with van der Waals surface area (Å²) in [6.07, 6.45) is -0.0417. The molecule has 38 heavy (non-hydrogen) atoms. The highest BCUT2D eigenvalue weighted by Crippen LogP contribution is 2.59. The molecule has 1 saturated carbocycles. The molecule has 0 saturated heterocycles. The lowest BCUT2D eigenvalue weighted by molar-refractivity contribution is -0.165. The summed E-state index contributed by atoms with van der Waals surface area (Å²) < 4.78 is 61.1. The molecule has 2 N–H and O–H groups in total. The van der Waals surface area contributed by atoms with Crippen molar-refractivity contribution in [3.05, 3.63) is 65.7 Å². The van der Waals surface area contributed by atoms with E-state index in [0.717, 1.165) is 24.0 Å². The van der Waals surface area contributed by atoms with Crippen molar-refractivity contribution >= 4 is 23.4 Å². The van der Waals surface area contributed by atoms with Crippen molar-refractivity contribution in [2.24, 2.45) is 0 Å². The summed E-state index contributed by atoms with van der Waals surface area (Å²) in [6.45, 7) is 4.58. The number of carbonyl (C=O) groups is 1. The second-order valence-corrected chi connectivity index (χ2v) is 9.09. The third-order valence-electron chi connectivity index (χ3n) is 6.45. The molecule has 9 nitrogen and oxygen atoms in total. The van der Waals surface area contributed by atoms with E-state index >= 15 is 0 Å². The van der Waals surface area contributed by atoms with Gasteiger partial charge in [-0.25, -0.2) is 14.4 Å². The first-order valence-electron chi connectivity index (χ1n) is 11.8. The maximum atomic E-state index is 14.8. The number of hydrogen-bond donors (Lipinski definition) is 2. The zero-order valence-electron chi connectivity index (χ0n) is 20.4. The van der Waals surface area contributed by atoms with E-state index in [0.29, 0.717) is 17.1 Å². The first-order chi connectivity index (χ1) is 18.1.